The zero-order valence-electron chi connectivity index (χ0n) is 8.23. The van der Waals surface area contributed by atoms with E-state index in [9.17, 15) is 5.11 Å². The number of benzene rings is 1. The summed E-state index contributed by atoms with van der Waals surface area (Å²) in [6, 6.07) is 7.27. The van der Waals surface area contributed by atoms with Crippen LogP contribution < -0.4 is 4.74 Å². The highest BCUT2D eigenvalue weighted by molar-refractivity contribution is 7.99. The Balaban J connectivity index is 2.84. The summed E-state index contributed by atoms with van der Waals surface area (Å²) in [6.45, 7) is 3.13. The summed E-state index contributed by atoms with van der Waals surface area (Å²) < 4.78 is 5.31. The van der Waals surface area contributed by atoms with Crippen molar-refractivity contribution >= 4 is 11.8 Å². The first-order valence-corrected chi connectivity index (χ1v) is 5.25. The maximum absolute atomic E-state index is 9.47. The average molecular weight is 214 g/mol. The topological polar surface area (TPSA) is 49.7 Å². The summed E-state index contributed by atoms with van der Waals surface area (Å²) in [4.78, 5) is 0.817. The van der Waals surface area contributed by atoms with E-state index in [1.165, 1.54) is 11.8 Å². The van der Waals surface area contributed by atoms with Gasteiger partial charge in [-0.15, -0.1) is 0 Å². The Hall–Kier alpha value is -0.710. The minimum atomic E-state index is -1.20. The van der Waals surface area contributed by atoms with Gasteiger partial charge < -0.3 is 14.9 Å². The lowest BCUT2D eigenvalue weighted by atomic mass is 10.3. The van der Waals surface area contributed by atoms with E-state index in [0.717, 1.165) is 4.90 Å². The van der Waals surface area contributed by atoms with Crippen molar-refractivity contribution in [3.8, 4) is 5.75 Å². The van der Waals surface area contributed by atoms with Crippen LogP contribution in [0.1, 0.15) is 13.8 Å². The lowest BCUT2D eigenvalue weighted by molar-refractivity contribution is -0.106. The molecule has 0 fully saturated rings. The van der Waals surface area contributed by atoms with Crippen LogP contribution in [0, 0.1) is 0 Å². The molecule has 0 heterocycles. The van der Waals surface area contributed by atoms with Crippen LogP contribution in [0.15, 0.2) is 29.2 Å². The van der Waals surface area contributed by atoms with Gasteiger partial charge in [0.15, 0.2) is 0 Å². The van der Waals surface area contributed by atoms with E-state index in [0.29, 0.717) is 5.75 Å². The quantitative estimate of drug-likeness (QED) is 0.593. The van der Waals surface area contributed by atoms with Crippen molar-refractivity contribution in [1.82, 2.24) is 0 Å². The largest absolute Gasteiger partial charge is 0.462 e. The molecule has 0 unspecified atom stereocenters. The summed E-state index contributed by atoms with van der Waals surface area (Å²) in [5.74, 6) is -0.628. The van der Waals surface area contributed by atoms with Gasteiger partial charge in [0.1, 0.15) is 5.75 Å². The van der Waals surface area contributed by atoms with Gasteiger partial charge in [0, 0.05) is 13.8 Å². The van der Waals surface area contributed by atoms with Gasteiger partial charge in [-0.05, 0) is 12.1 Å². The van der Waals surface area contributed by atoms with Gasteiger partial charge in [-0.1, -0.05) is 23.9 Å². The van der Waals surface area contributed by atoms with Crippen molar-refractivity contribution in [2.45, 2.75) is 24.5 Å². The SMILES string of the molecule is CC(C)(O)Oc1ccccc1SCO. The van der Waals surface area contributed by atoms with E-state index in [4.69, 9.17) is 9.84 Å². The molecule has 14 heavy (non-hydrogen) atoms. The maximum atomic E-state index is 9.47. The Morgan fingerprint density at radius 2 is 2.00 bits per heavy atom. The molecule has 3 nitrogen and oxygen atoms in total. The normalized spacial score (nSPS) is 11.4. The predicted molar refractivity (Wildman–Crippen MR) is 56.3 cm³/mol. The van der Waals surface area contributed by atoms with Crippen molar-refractivity contribution in [2.24, 2.45) is 0 Å². The van der Waals surface area contributed by atoms with Gasteiger partial charge >= 0.3 is 0 Å². The minimum Gasteiger partial charge on any atom is -0.462 e. The number of ether oxygens (including phenoxy) is 1. The summed E-state index contributed by atoms with van der Waals surface area (Å²) in [5.41, 5.74) is 0. The van der Waals surface area contributed by atoms with Crippen LogP contribution >= 0.6 is 11.8 Å². The number of aliphatic hydroxyl groups is 2. The van der Waals surface area contributed by atoms with Gasteiger partial charge in [-0.25, -0.2) is 0 Å². The van der Waals surface area contributed by atoms with Crippen molar-refractivity contribution in [1.29, 1.82) is 0 Å². The molecule has 0 radical (unpaired) electrons. The van der Waals surface area contributed by atoms with Gasteiger partial charge in [0.25, 0.3) is 0 Å². The van der Waals surface area contributed by atoms with E-state index in [1.54, 1.807) is 19.9 Å². The Kier molecular flexibility index (Phi) is 3.80. The van der Waals surface area contributed by atoms with Crippen LogP contribution in [-0.2, 0) is 0 Å². The molecule has 2 N–H and O–H groups in total. The second-order valence-electron chi connectivity index (χ2n) is 3.27. The second kappa shape index (κ2) is 4.68. The zero-order chi connectivity index (χ0) is 10.6. The summed E-state index contributed by atoms with van der Waals surface area (Å²) in [6.07, 6.45) is 0. The van der Waals surface area contributed by atoms with E-state index in [-0.39, 0.29) is 5.94 Å². The molecule has 78 valence electrons. The van der Waals surface area contributed by atoms with Crippen LogP contribution in [0.25, 0.3) is 0 Å². The highest BCUT2D eigenvalue weighted by atomic mass is 32.2. The van der Waals surface area contributed by atoms with Crippen LogP contribution in [0.2, 0.25) is 0 Å². The first-order valence-electron chi connectivity index (χ1n) is 4.27. The second-order valence-corrected chi connectivity index (χ2v) is 4.26. The van der Waals surface area contributed by atoms with Crippen molar-refractivity contribution in [3.05, 3.63) is 24.3 Å². The molecule has 0 amide bonds. The van der Waals surface area contributed by atoms with Gasteiger partial charge in [-0.3, -0.25) is 0 Å². The predicted octanol–water partition coefficient (Wildman–Crippen LogP) is 1.84. The maximum Gasteiger partial charge on any atom is 0.202 e. The molecule has 0 bridgehead atoms. The Morgan fingerprint density at radius 1 is 1.36 bits per heavy atom. The zero-order valence-corrected chi connectivity index (χ0v) is 9.04. The summed E-state index contributed by atoms with van der Waals surface area (Å²) >= 11 is 1.26. The van der Waals surface area contributed by atoms with Gasteiger partial charge in [-0.2, -0.15) is 0 Å². The first kappa shape index (κ1) is 11.4. The van der Waals surface area contributed by atoms with Crippen molar-refractivity contribution in [2.75, 3.05) is 5.94 Å². The molecule has 0 aliphatic rings. The smallest absolute Gasteiger partial charge is 0.202 e. The third-order valence-electron chi connectivity index (χ3n) is 1.43. The van der Waals surface area contributed by atoms with Gasteiger partial charge in [0.2, 0.25) is 5.79 Å². The number of rotatable bonds is 4. The van der Waals surface area contributed by atoms with E-state index >= 15 is 0 Å². The molecule has 1 rings (SSSR count). The Morgan fingerprint density at radius 3 is 2.57 bits per heavy atom. The monoisotopic (exact) mass is 214 g/mol. The molecule has 0 spiro atoms. The average Bonchev–Trinajstić information content (AvgIpc) is 2.06. The molecule has 0 saturated heterocycles. The fourth-order valence-electron chi connectivity index (χ4n) is 0.992. The third-order valence-corrected chi connectivity index (χ3v) is 2.21. The summed E-state index contributed by atoms with van der Waals surface area (Å²) in [5, 5.41) is 18.3. The molecular weight excluding hydrogens is 200 g/mol. The minimum absolute atomic E-state index is 0.00771. The first-order chi connectivity index (χ1) is 6.53. The molecule has 1 aromatic carbocycles. The molecule has 0 aliphatic carbocycles. The molecule has 0 aliphatic heterocycles. The van der Waals surface area contributed by atoms with Crippen LogP contribution in [0.5, 0.6) is 5.75 Å². The molecule has 0 aromatic heterocycles. The fraction of sp³-hybridized carbons (Fsp3) is 0.400. The highest BCUT2D eigenvalue weighted by Crippen LogP contribution is 2.30. The van der Waals surface area contributed by atoms with Crippen molar-refractivity contribution < 1.29 is 14.9 Å². The standard InChI is InChI=1S/C10H14O3S/c1-10(2,12)13-8-5-3-4-6-9(8)14-7-11/h3-6,11-12H,7H2,1-2H3. The van der Waals surface area contributed by atoms with E-state index < -0.39 is 5.79 Å². The van der Waals surface area contributed by atoms with E-state index in [2.05, 4.69) is 0 Å². The molecular formula is C10H14O3S. The van der Waals surface area contributed by atoms with Crippen LogP contribution in [0.3, 0.4) is 0 Å². The number of aliphatic hydroxyl groups excluding tert-OH is 1. The summed E-state index contributed by atoms with van der Waals surface area (Å²) in [7, 11) is 0. The Labute approximate surface area is 87.7 Å². The third kappa shape index (κ3) is 3.57. The Bertz CT molecular complexity index is 294. The number of para-hydroxylation sites is 1. The van der Waals surface area contributed by atoms with Crippen LogP contribution in [-0.4, -0.2) is 21.9 Å². The molecule has 0 saturated carbocycles. The number of hydrogen-bond donors (Lipinski definition) is 2. The lowest BCUT2D eigenvalue weighted by Gasteiger charge is -2.21. The number of thioether (sulfide) groups is 1. The van der Waals surface area contributed by atoms with E-state index in [1.807, 2.05) is 18.2 Å². The van der Waals surface area contributed by atoms with Crippen LogP contribution in [0.4, 0.5) is 0 Å². The van der Waals surface area contributed by atoms with Gasteiger partial charge in [0.05, 0.1) is 10.8 Å². The fourth-order valence-corrected chi connectivity index (χ4v) is 1.56. The molecule has 4 heteroatoms. The van der Waals surface area contributed by atoms with Crippen molar-refractivity contribution in [3.63, 3.8) is 0 Å². The number of hydrogen-bond acceptors (Lipinski definition) is 4. The molecule has 1 aromatic rings. The highest BCUT2D eigenvalue weighted by Gasteiger charge is 2.16. The molecule has 0 atom stereocenters. The lowest BCUT2D eigenvalue weighted by Crippen LogP contribution is -2.27.